The number of benzene rings is 2. The third-order valence-corrected chi connectivity index (χ3v) is 8.13. The van der Waals surface area contributed by atoms with Gasteiger partial charge in [-0.3, -0.25) is 9.63 Å². The molecule has 208 valence electrons. The maximum absolute atomic E-state index is 13.8. The average Bonchev–Trinajstić information content (AvgIpc) is 3.37. The van der Waals surface area contributed by atoms with E-state index in [1.54, 1.807) is 36.4 Å². The molecule has 0 radical (unpaired) electrons. The van der Waals surface area contributed by atoms with Gasteiger partial charge in [0.2, 0.25) is 5.91 Å². The summed E-state index contributed by atoms with van der Waals surface area (Å²) in [6, 6.07) is 12.6. The number of nitrogens with zero attached hydrogens (tertiary/aromatic N) is 1. The van der Waals surface area contributed by atoms with Gasteiger partial charge in [-0.15, -0.1) is 0 Å². The summed E-state index contributed by atoms with van der Waals surface area (Å²) in [5, 5.41) is 25.4. The number of hydrogen-bond acceptors (Lipinski definition) is 7. The van der Waals surface area contributed by atoms with E-state index < -0.39 is 34.8 Å². The zero-order valence-electron chi connectivity index (χ0n) is 21.4. The Kier molecular flexibility index (Phi) is 10.5. The molecule has 2 atom stereocenters. The number of rotatable bonds is 13. The van der Waals surface area contributed by atoms with Crippen molar-refractivity contribution in [1.29, 1.82) is 0 Å². The monoisotopic (exact) mass is 548 g/mol. The summed E-state index contributed by atoms with van der Waals surface area (Å²) < 4.78 is 28.4. The highest BCUT2D eigenvalue weighted by atomic mass is 32.2. The molecule has 0 aromatic heterocycles. The highest BCUT2D eigenvalue weighted by Gasteiger charge is 2.35. The van der Waals surface area contributed by atoms with E-state index in [9.17, 15) is 28.2 Å². The Labute approximate surface area is 223 Å². The molecular formula is C26H36N4O7S. The number of aliphatic hydroxyl groups is 1. The van der Waals surface area contributed by atoms with Crippen molar-refractivity contribution in [3.05, 3.63) is 59.7 Å². The molecule has 3 rings (SSSR count). The van der Waals surface area contributed by atoms with Crippen molar-refractivity contribution in [2.24, 2.45) is 0 Å². The SMILES string of the molecule is CC(=O)NCCc1cccc(S(=O)(=O)N(C[C@@H](O)[C@H](Cc2ccccc2)NC(=O)O)OC2CCCC2)c1N. The van der Waals surface area contributed by atoms with E-state index in [2.05, 4.69) is 10.6 Å². The molecule has 1 aliphatic rings. The van der Waals surface area contributed by atoms with Gasteiger partial charge in [-0.05, 0) is 42.9 Å². The van der Waals surface area contributed by atoms with Gasteiger partial charge in [0.15, 0.2) is 0 Å². The summed E-state index contributed by atoms with van der Waals surface area (Å²) in [6.07, 6.45) is 0.442. The number of nitrogen functional groups attached to an aromatic ring is 1. The van der Waals surface area contributed by atoms with E-state index in [0.717, 1.165) is 22.9 Å². The van der Waals surface area contributed by atoms with E-state index in [1.165, 1.54) is 13.0 Å². The van der Waals surface area contributed by atoms with Crippen molar-refractivity contribution in [3.8, 4) is 0 Å². The molecule has 0 bridgehead atoms. The number of nitrogens with two attached hydrogens (primary N) is 1. The molecule has 2 aromatic carbocycles. The van der Waals surface area contributed by atoms with Gasteiger partial charge in [0, 0.05) is 13.5 Å². The van der Waals surface area contributed by atoms with Crippen molar-refractivity contribution in [1.82, 2.24) is 15.1 Å². The largest absolute Gasteiger partial charge is 0.465 e. The standard InChI is InChI=1S/C26H36N4O7S/c1-18(31)28-15-14-20-10-7-13-24(25(20)27)38(35,36)30(37-21-11-5-6-12-21)17-23(32)22(29-26(33)34)16-19-8-3-2-4-9-19/h2-4,7-10,13,21-23,29,32H,5-6,11-12,14-17,27H2,1H3,(H,28,31)(H,33,34)/t22-,23+/m0/s1. The van der Waals surface area contributed by atoms with Crippen LogP contribution in [-0.2, 0) is 32.5 Å². The normalized spacial score (nSPS) is 15.8. The van der Waals surface area contributed by atoms with Crippen LogP contribution in [0.15, 0.2) is 53.4 Å². The Hall–Kier alpha value is -3.19. The van der Waals surface area contributed by atoms with Crippen molar-refractivity contribution in [2.75, 3.05) is 18.8 Å². The number of hydroxylamine groups is 1. The lowest BCUT2D eigenvalue weighted by molar-refractivity contribution is -0.145. The number of carbonyl (C=O) groups excluding carboxylic acids is 1. The summed E-state index contributed by atoms with van der Waals surface area (Å²) in [4.78, 5) is 28.4. The number of anilines is 1. The molecule has 1 aliphatic carbocycles. The first-order valence-electron chi connectivity index (χ1n) is 12.6. The third-order valence-electron chi connectivity index (χ3n) is 6.45. The van der Waals surface area contributed by atoms with Gasteiger partial charge < -0.3 is 26.6 Å². The molecule has 0 aliphatic heterocycles. The number of sulfonamides is 1. The van der Waals surface area contributed by atoms with Crippen LogP contribution in [-0.4, -0.2) is 66.4 Å². The van der Waals surface area contributed by atoms with E-state index in [1.807, 2.05) is 6.07 Å². The highest BCUT2D eigenvalue weighted by molar-refractivity contribution is 7.89. The predicted octanol–water partition coefficient (Wildman–Crippen LogP) is 2.05. The highest BCUT2D eigenvalue weighted by Crippen LogP contribution is 2.30. The fourth-order valence-corrected chi connectivity index (χ4v) is 5.93. The number of carbonyl (C=O) groups is 2. The summed E-state index contributed by atoms with van der Waals surface area (Å²) in [5.74, 6) is -0.211. The number of amides is 2. The minimum absolute atomic E-state index is 0.0249. The molecule has 1 saturated carbocycles. The van der Waals surface area contributed by atoms with E-state index in [4.69, 9.17) is 10.6 Å². The van der Waals surface area contributed by atoms with Crippen LogP contribution in [0.25, 0.3) is 0 Å². The van der Waals surface area contributed by atoms with Crippen LogP contribution >= 0.6 is 0 Å². The molecule has 1 fully saturated rings. The predicted molar refractivity (Wildman–Crippen MR) is 142 cm³/mol. The summed E-state index contributed by atoms with van der Waals surface area (Å²) in [5.41, 5.74) is 7.60. The second-order valence-corrected chi connectivity index (χ2v) is 11.2. The number of nitrogens with one attached hydrogen (secondary N) is 2. The lowest BCUT2D eigenvalue weighted by Crippen LogP contribution is -2.50. The molecule has 11 nitrogen and oxygen atoms in total. The lowest BCUT2D eigenvalue weighted by Gasteiger charge is -2.30. The van der Waals surface area contributed by atoms with Crippen LogP contribution in [0.4, 0.5) is 10.5 Å². The first kappa shape index (κ1) is 29.4. The van der Waals surface area contributed by atoms with E-state index in [-0.39, 0.29) is 35.6 Å². The van der Waals surface area contributed by atoms with Gasteiger partial charge in [-0.2, -0.15) is 0 Å². The quantitative estimate of drug-likeness (QED) is 0.187. The van der Waals surface area contributed by atoms with Gasteiger partial charge in [0.25, 0.3) is 10.0 Å². The second kappa shape index (κ2) is 13.6. The second-order valence-electron chi connectivity index (χ2n) is 9.38. The van der Waals surface area contributed by atoms with Gasteiger partial charge in [-0.25, -0.2) is 13.2 Å². The van der Waals surface area contributed by atoms with Crippen molar-refractivity contribution in [2.45, 2.75) is 68.6 Å². The van der Waals surface area contributed by atoms with Crippen molar-refractivity contribution in [3.63, 3.8) is 0 Å². The van der Waals surface area contributed by atoms with Crippen molar-refractivity contribution >= 4 is 27.7 Å². The topological polar surface area (TPSA) is 171 Å². The molecule has 0 unspecified atom stereocenters. The van der Waals surface area contributed by atoms with Crippen LogP contribution in [0.5, 0.6) is 0 Å². The maximum atomic E-state index is 13.8. The summed E-state index contributed by atoms with van der Waals surface area (Å²) in [6.45, 7) is 1.16. The Bertz CT molecular complexity index is 1190. The van der Waals surface area contributed by atoms with Gasteiger partial charge in [0.1, 0.15) is 4.90 Å². The molecule has 2 aromatic rings. The van der Waals surface area contributed by atoms with Gasteiger partial charge >= 0.3 is 6.09 Å². The Balaban J connectivity index is 1.88. The number of carboxylic acid groups (broad SMARTS) is 1. The first-order valence-corrected chi connectivity index (χ1v) is 14.0. The smallest absolute Gasteiger partial charge is 0.404 e. The molecular weight excluding hydrogens is 512 g/mol. The Morgan fingerprint density at radius 2 is 1.82 bits per heavy atom. The lowest BCUT2D eigenvalue weighted by atomic mass is 10.0. The fourth-order valence-electron chi connectivity index (χ4n) is 4.46. The number of hydrogen-bond donors (Lipinski definition) is 5. The van der Waals surface area contributed by atoms with Gasteiger partial charge in [-0.1, -0.05) is 59.8 Å². The number of aliphatic hydroxyl groups excluding tert-OH is 1. The molecule has 6 N–H and O–H groups in total. The zero-order valence-corrected chi connectivity index (χ0v) is 22.2. The maximum Gasteiger partial charge on any atom is 0.404 e. The summed E-state index contributed by atoms with van der Waals surface area (Å²) in [7, 11) is -4.35. The zero-order chi connectivity index (χ0) is 27.7. The van der Waals surface area contributed by atoms with Crippen LogP contribution in [0, 0.1) is 0 Å². The minimum Gasteiger partial charge on any atom is -0.465 e. The molecule has 12 heteroatoms. The molecule has 0 saturated heterocycles. The molecule has 38 heavy (non-hydrogen) atoms. The minimum atomic E-state index is -4.35. The molecule has 0 heterocycles. The first-order chi connectivity index (χ1) is 18.1. The average molecular weight is 549 g/mol. The van der Waals surface area contributed by atoms with Crippen LogP contribution in [0.1, 0.15) is 43.7 Å². The third kappa shape index (κ3) is 8.15. The van der Waals surface area contributed by atoms with Crippen LogP contribution < -0.4 is 16.4 Å². The molecule has 2 amide bonds. The Morgan fingerprint density at radius 3 is 2.45 bits per heavy atom. The summed E-state index contributed by atoms with van der Waals surface area (Å²) >= 11 is 0. The van der Waals surface area contributed by atoms with Crippen molar-refractivity contribution < 1.29 is 33.1 Å². The van der Waals surface area contributed by atoms with Crippen LogP contribution in [0.2, 0.25) is 0 Å². The van der Waals surface area contributed by atoms with E-state index in [0.29, 0.717) is 24.8 Å². The van der Waals surface area contributed by atoms with Gasteiger partial charge in [0.05, 0.1) is 30.5 Å². The Morgan fingerprint density at radius 1 is 1.13 bits per heavy atom. The van der Waals surface area contributed by atoms with E-state index >= 15 is 0 Å². The number of para-hydroxylation sites is 1. The van der Waals surface area contributed by atoms with Crippen LogP contribution in [0.3, 0.4) is 0 Å². The fraction of sp³-hybridized carbons (Fsp3) is 0.462. The molecule has 0 spiro atoms.